The summed E-state index contributed by atoms with van der Waals surface area (Å²) in [5, 5.41) is 17.6. The first-order valence-corrected chi connectivity index (χ1v) is 9.37. The summed E-state index contributed by atoms with van der Waals surface area (Å²) in [5.74, 6) is 0.686. The predicted molar refractivity (Wildman–Crippen MR) is 108 cm³/mol. The molecule has 0 aliphatic heterocycles. The highest BCUT2D eigenvalue weighted by molar-refractivity contribution is 5.79. The van der Waals surface area contributed by atoms with E-state index in [1.165, 1.54) is 6.07 Å². The normalized spacial score (nSPS) is 12.1. The SMILES string of the molecule is CCNC(=NCc1ccccc1[N+](=O)[O-])NCCCN(C(C)C)C(C)C. The number of nitro benzene ring substituents is 1. The Bertz CT molecular complexity index is 579. The number of hydrogen-bond acceptors (Lipinski definition) is 4. The highest BCUT2D eigenvalue weighted by Gasteiger charge is 2.13. The maximum Gasteiger partial charge on any atom is 0.274 e. The monoisotopic (exact) mass is 363 g/mol. The highest BCUT2D eigenvalue weighted by atomic mass is 16.6. The van der Waals surface area contributed by atoms with Gasteiger partial charge in [0, 0.05) is 37.8 Å². The van der Waals surface area contributed by atoms with Crippen LogP contribution < -0.4 is 10.6 Å². The number of nitrogens with zero attached hydrogens (tertiary/aromatic N) is 3. The van der Waals surface area contributed by atoms with Crippen LogP contribution in [-0.4, -0.2) is 47.5 Å². The van der Waals surface area contributed by atoms with Crippen molar-refractivity contribution in [2.45, 2.75) is 59.7 Å². The summed E-state index contributed by atoms with van der Waals surface area (Å²) >= 11 is 0. The third-order valence-corrected chi connectivity index (χ3v) is 4.15. The third-order valence-electron chi connectivity index (χ3n) is 4.15. The smallest absolute Gasteiger partial charge is 0.274 e. The number of hydrogen-bond donors (Lipinski definition) is 2. The molecule has 0 aliphatic carbocycles. The summed E-state index contributed by atoms with van der Waals surface area (Å²) < 4.78 is 0. The fraction of sp³-hybridized carbons (Fsp3) is 0.632. The molecule has 0 aromatic heterocycles. The molecule has 1 aromatic rings. The van der Waals surface area contributed by atoms with Gasteiger partial charge in [0.1, 0.15) is 0 Å². The second-order valence-electron chi connectivity index (χ2n) is 6.79. The largest absolute Gasteiger partial charge is 0.357 e. The Kier molecular flexibility index (Phi) is 9.65. The first-order valence-electron chi connectivity index (χ1n) is 9.37. The van der Waals surface area contributed by atoms with Crippen molar-refractivity contribution < 1.29 is 4.92 Å². The molecule has 0 saturated carbocycles. The van der Waals surface area contributed by atoms with E-state index in [4.69, 9.17) is 0 Å². The molecule has 1 aromatic carbocycles. The van der Waals surface area contributed by atoms with Gasteiger partial charge in [-0.15, -0.1) is 0 Å². The molecule has 0 saturated heterocycles. The lowest BCUT2D eigenvalue weighted by atomic mass is 10.2. The Hall–Kier alpha value is -2.15. The van der Waals surface area contributed by atoms with Gasteiger partial charge in [0.2, 0.25) is 0 Å². The van der Waals surface area contributed by atoms with E-state index >= 15 is 0 Å². The van der Waals surface area contributed by atoms with Crippen LogP contribution >= 0.6 is 0 Å². The van der Waals surface area contributed by atoms with Gasteiger partial charge < -0.3 is 10.6 Å². The first kappa shape index (κ1) is 21.9. The van der Waals surface area contributed by atoms with Crippen LogP contribution in [0.1, 0.15) is 46.6 Å². The van der Waals surface area contributed by atoms with E-state index in [0.717, 1.165) is 26.1 Å². The summed E-state index contributed by atoms with van der Waals surface area (Å²) in [4.78, 5) is 17.7. The number of rotatable bonds is 10. The van der Waals surface area contributed by atoms with Crippen LogP contribution in [0, 0.1) is 10.1 Å². The Morgan fingerprint density at radius 2 is 1.85 bits per heavy atom. The zero-order valence-electron chi connectivity index (χ0n) is 16.7. The summed E-state index contributed by atoms with van der Waals surface area (Å²) in [6.07, 6.45) is 1.01. The van der Waals surface area contributed by atoms with Crippen molar-refractivity contribution in [3.63, 3.8) is 0 Å². The predicted octanol–water partition coefficient (Wildman–Crippen LogP) is 3.16. The lowest BCUT2D eigenvalue weighted by Crippen LogP contribution is -2.41. The number of nitrogens with one attached hydrogen (secondary N) is 2. The van der Waals surface area contributed by atoms with E-state index in [1.807, 2.05) is 6.92 Å². The molecule has 1 rings (SSSR count). The number of aliphatic imine (C=N–C) groups is 1. The lowest BCUT2D eigenvalue weighted by molar-refractivity contribution is -0.385. The molecule has 0 atom stereocenters. The fourth-order valence-electron chi connectivity index (χ4n) is 2.91. The zero-order chi connectivity index (χ0) is 19.5. The molecule has 146 valence electrons. The van der Waals surface area contributed by atoms with Gasteiger partial charge in [-0.3, -0.25) is 15.0 Å². The maximum atomic E-state index is 11.1. The van der Waals surface area contributed by atoms with Crippen LogP contribution in [0.4, 0.5) is 5.69 Å². The molecule has 0 bridgehead atoms. The average Bonchev–Trinajstić information content (AvgIpc) is 2.58. The van der Waals surface area contributed by atoms with Crippen molar-refractivity contribution in [1.29, 1.82) is 0 Å². The summed E-state index contributed by atoms with van der Waals surface area (Å²) in [5.41, 5.74) is 0.720. The Labute approximate surface area is 157 Å². The molecule has 7 heteroatoms. The number of nitro groups is 1. The minimum Gasteiger partial charge on any atom is -0.357 e. The second-order valence-corrected chi connectivity index (χ2v) is 6.79. The zero-order valence-corrected chi connectivity index (χ0v) is 16.7. The van der Waals surface area contributed by atoms with E-state index < -0.39 is 0 Å². The van der Waals surface area contributed by atoms with Gasteiger partial charge in [0.15, 0.2) is 5.96 Å². The minimum absolute atomic E-state index is 0.108. The number of guanidine groups is 1. The van der Waals surface area contributed by atoms with Gasteiger partial charge in [-0.2, -0.15) is 0 Å². The van der Waals surface area contributed by atoms with Crippen LogP contribution in [0.25, 0.3) is 0 Å². The molecule has 0 unspecified atom stereocenters. The van der Waals surface area contributed by atoms with Crippen LogP contribution in [0.3, 0.4) is 0 Å². The lowest BCUT2D eigenvalue weighted by Gasteiger charge is -2.30. The van der Waals surface area contributed by atoms with Gasteiger partial charge in [-0.25, -0.2) is 4.99 Å². The molecule has 26 heavy (non-hydrogen) atoms. The minimum atomic E-state index is -0.363. The molecular weight excluding hydrogens is 330 g/mol. The average molecular weight is 364 g/mol. The van der Waals surface area contributed by atoms with E-state index in [9.17, 15) is 10.1 Å². The summed E-state index contributed by atoms with van der Waals surface area (Å²) in [6, 6.07) is 7.77. The summed E-state index contributed by atoms with van der Waals surface area (Å²) in [6.45, 7) is 13.7. The van der Waals surface area contributed by atoms with Crippen molar-refractivity contribution in [3.8, 4) is 0 Å². The summed E-state index contributed by atoms with van der Waals surface area (Å²) in [7, 11) is 0. The standard InChI is InChI=1S/C19H33N5O2/c1-6-20-19(21-12-9-13-23(15(2)3)16(4)5)22-14-17-10-7-8-11-18(17)24(25)26/h7-8,10-11,15-16H,6,9,12-14H2,1-5H3,(H2,20,21,22). The molecular formula is C19H33N5O2. The molecule has 0 amide bonds. The van der Waals surface area contributed by atoms with Crippen molar-refractivity contribution in [3.05, 3.63) is 39.9 Å². The van der Waals surface area contributed by atoms with E-state index in [1.54, 1.807) is 18.2 Å². The van der Waals surface area contributed by atoms with Crippen molar-refractivity contribution in [2.75, 3.05) is 19.6 Å². The van der Waals surface area contributed by atoms with Gasteiger partial charge in [0.05, 0.1) is 17.0 Å². The first-order chi connectivity index (χ1) is 12.4. The van der Waals surface area contributed by atoms with Gasteiger partial charge in [0.25, 0.3) is 5.69 Å². The topological polar surface area (TPSA) is 82.8 Å². The Morgan fingerprint density at radius 3 is 2.42 bits per heavy atom. The van der Waals surface area contributed by atoms with Crippen molar-refractivity contribution in [2.24, 2.45) is 4.99 Å². The fourth-order valence-corrected chi connectivity index (χ4v) is 2.91. The van der Waals surface area contributed by atoms with Gasteiger partial charge in [-0.1, -0.05) is 18.2 Å². The van der Waals surface area contributed by atoms with E-state index in [-0.39, 0.29) is 17.2 Å². The molecule has 0 spiro atoms. The Balaban J connectivity index is 2.61. The molecule has 0 heterocycles. The van der Waals surface area contributed by atoms with Crippen LogP contribution in [0.15, 0.2) is 29.3 Å². The van der Waals surface area contributed by atoms with E-state index in [0.29, 0.717) is 23.6 Å². The van der Waals surface area contributed by atoms with Crippen LogP contribution in [-0.2, 0) is 6.54 Å². The quantitative estimate of drug-likeness (QED) is 0.219. The molecule has 0 radical (unpaired) electrons. The second kappa shape index (κ2) is 11.5. The van der Waals surface area contributed by atoms with E-state index in [2.05, 4.69) is 48.2 Å². The number of para-hydroxylation sites is 1. The molecule has 7 nitrogen and oxygen atoms in total. The van der Waals surface area contributed by atoms with Crippen LogP contribution in [0.5, 0.6) is 0 Å². The van der Waals surface area contributed by atoms with Crippen molar-refractivity contribution in [1.82, 2.24) is 15.5 Å². The maximum absolute atomic E-state index is 11.1. The molecule has 2 N–H and O–H groups in total. The van der Waals surface area contributed by atoms with Gasteiger partial charge >= 0.3 is 0 Å². The Morgan fingerprint density at radius 1 is 1.19 bits per heavy atom. The van der Waals surface area contributed by atoms with Crippen molar-refractivity contribution >= 4 is 11.6 Å². The highest BCUT2D eigenvalue weighted by Crippen LogP contribution is 2.18. The molecule has 0 aliphatic rings. The van der Waals surface area contributed by atoms with Crippen LogP contribution in [0.2, 0.25) is 0 Å². The van der Waals surface area contributed by atoms with Gasteiger partial charge in [-0.05, 0) is 41.0 Å². The third kappa shape index (κ3) is 7.39. The number of benzene rings is 1. The molecule has 0 fully saturated rings.